The summed E-state index contributed by atoms with van der Waals surface area (Å²) in [7, 11) is 0. The molecule has 4 rings (SSSR count). The van der Waals surface area contributed by atoms with Crippen molar-refractivity contribution in [2.24, 2.45) is 5.41 Å². The van der Waals surface area contributed by atoms with Crippen LogP contribution in [0.3, 0.4) is 0 Å². The lowest BCUT2D eigenvalue weighted by Gasteiger charge is -2.33. The maximum absolute atomic E-state index is 4.84. The Morgan fingerprint density at radius 3 is 2.77 bits per heavy atom. The van der Waals surface area contributed by atoms with Crippen molar-refractivity contribution in [2.75, 3.05) is 26.2 Å². The molecule has 0 bridgehead atoms. The van der Waals surface area contributed by atoms with Crippen molar-refractivity contribution >= 4 is 11.3 Å². The van der Waals surface area contributed by atoms with Gasteiger partial charge in [-0.25, -0.2) is 4.98 Å². The average Bonchev–Trinajstić information content (AvgIpc) is 3.17. The molecule has 116 valence electrons. The second kappa shape index (κ2) is 6.11. The van der Waals surface area contributed by atoms with Gasteiger partial charge in [0.1, 0.15) is 5.01 Å². The highest BCUT2D eigenvalue weighted by Gasteiger charge is 2.38. The van der Waals surface area contributed by atoms with Crippen LogP contribution in [0.25, 0.3) is 10.6 Å². The fourth-order valence-electron chi connectivity index (χ4n) is 3.85. The van der Waals surface area contributed by atoms with Crippen LogP contribution in [0.1, 0.15) is 25.0 Å². The average molecular weight is 313 g/mol. The third kappa shape index (κ3) is 2.96. The molecule has 0 saturated carbocycles. The van der Waals surface area contributed by atoms with Crippen LogP contribution in [0.15, 0.2) is 35.7 Å². The van der Waals surface area contributed by atoms with E-state index in [4.69, 9.17) is 4.98 Å². The molecule has 0 radical (unpaired) electrons. The van der Waals surface area contributed by atoms with E-state index in [1.54, 1.807) is 11.3 Å². The minimum absolute atomic E-state index is 0.587. The minimum Gasteiger partial charge on any atom is -0.317 e. The Hall–Kier alpha value is -1.23. The molecule has 3 nitrogen and oxygen atoms in total. The first-order valence-corrected chi connectivity index (χ1v) is 9.14. The first kappa shape index (κ1) is 14.4. The summed E-state index contributed by atoms with van der Waals surface area (Å²) in [4.78, 5) is 7.45. The molecule has 0 amide bonds. The largest absolute Gasteiger partial charge is 0.317 e. The van der Waals surface area contributed by atoms with Crippen LogP contribution < -0.4 is 5.32 Å². The number of aromatic nitrogens is 1. The number of likely N-dealkylation sites (tertiary alicyclic amines) is 1. The second-order valence-corrected chi connectivity index (χ2v) is 7.58. The van der Waals surface area contributed by atoms with Gasteiger partial charge in [0.05, 0.1) is 5.69 Å². The highest BCUT2D eigenvalue weighted by atomic mass is 32.1. The van der Waals surface area contributed by atoms with Crippen LogP contribution in [0.4, 0.5) is 0 Å². The summed E-state index contributed by atoms with van der Waals surface area (Å²) in [6.07, 6.45) is 4.05. The molecule has 0 atom stereocenters. The first-order valence-electron chi connectivity index (χ1n) is 8.26. The minimum atomic E-state index is 0.587. The molecule has 4 heteroatoms. The zero-order valence-electron chi connectivity index (χ0n) is 12.9. The van der Waals surface area contributed by atoms with Crippen molar-refractivity contribution in [3.05, 3.63) is 41.4 Å². The van der Waals surface area contributed by atoms with Crippen LogP contribution >= 0.6 is 11.3 Å². The van der Waals surface area contributed by atoms with Crippen LogP contribution in [0, 0.1) is 5.41 Å². The molecular weight excluding hydrogens is 290 g/mol. The lowest BCUT2D eigenvalue weighted by atomic mass is 9.78. The molecule has 2 fully saturated rings. The third-order valence-electron chi connectivity index (χ3n) is 5.14. The molecule has 2 aliphatic rings. The number of hydrogen-bond donors (Lipinski definition) is 1. The summed E-state index contributed by atoms with van der Waals surface area (Å²) in [5.41, 5.74) is 3.05. The van der Waals surface area contributed by atoms with Gasteiger partial charge in [-0.15, -0.1) is 11.3 Å². The molecule has 0 unspecified atom stereocenters. The van der Waals surface area contributed by atoms with Gasteiger partial charge in [-0.05, 0) is 44.3 Å². The Bertz CT molecular complexity index is 616. The summed E-state index contributed by atoms with van der Waals surface area (Å²) in [5.74, 6) is 0. The number of rotatable bonds is 3. The molecule has 2 aromatic rings. The third-order valence-corrected chi connectivity index (χ3v) is 6.08. The first-order chi connectivity index (χ1) is 10.8. The molecule has 2 aliphatic heterocycles. The van der Waals surface area contributed by atoms with E-state index in [1.807, 2.05) is 0 Å². The van der Waals surface area contributed by atoms with Crippen molar-refractivity contribution < 1.29 is 0 Å². The van der Waals surface area contributed by atoms with E-state index in [1.165, 1.54) is 56.7 Å². The number of nitrogens with zero attached hydrogens (tertiary/aromatic N) is 2. The van der Waals surface area contributed by atoms with Gasteiger partial charge in [-0.2, -0.15) is 0 Å². The Balaban J connectivity index is 1.41. The molecule has 3 heterocycles. The predicted octanol–water partition coefficient (Wildman–Crippen LogP) is 3.39. The Kier molecular flexibility index (Phi) is 3.99. The summed E-state index contributed by atoms with van der Waals surface area (Å²) in [6, 6.07) is 10.5. The van der Waals surface area contributed by atoms with Crippen LogP contribution in [0.5, 0.6) is 0 Å². The van der Waals surface area contributed by atoms with E-state index in [2.05, 4.69) is 45.9 Å². The maximum Gasteiger partial charge on any atom is 0.123 e. The van der Waals surface area contributed by atoms with E-state index in [0.717, 1.165) is 11.6 Å². The van der Waals surface area contributed by atoms with Crippen molar-refractivity contribution in [3.63, 3.8) is 0 Å². The molecular formula is C18H23N3S. The molecule has 0 aliphatic carbocycles. The Morgan fingerprint density at radius 1 is 1.14 bits per heavy atom. The lowest BCUT2D eigenvalue weighted by molar-refractivity contribution is 0.193. The molecule has 1 aromatic carbocycles. The lowest BCUT2D eigenvalue weighted by Crippen LogP contribution is -2.38. The SMILES string of the molecule is c1ccc(-c2nc(CN3CCC4(CCNCC4)C3)cs2)cc1. The zero-order valence-corrected chi connectivity index (χ0v) is 13.7. The van der Waals surface area contributed by atoms with E-state index >= 15 is 0 Å². The second-order valence-electron chi connectivity index (χ2n) is 6.72. The highest BCUT2D eigenvalue weighted by Crippen LogP contribution is 2.39. The van der Waals surface area contributed by atoms with Crippen molar-refractivity contribution in [1.29, 1.82) is 0 Å². The zero-order chi connectivity index (χ0) is 14.8. The van der Waals surface area contributed by atoms with Gasteiger partial charge >= 0.3 is 0 Å². The molecule has 1 N–H and O–H groups in total. The smallest absolute Gasteiger partial charge is 0.123 e. The maximum atomic E-state index is 4.84. The standard InChI is InChI=1S/C18H23N3S/c1-2-4-15(5-3-1)17-20-16(13-22-17)12-21-11-8-18(14-21)6-9-19-10-7-18/h1-5,13,19H,6-12,14H2. The van der Waals surface area contributed by atoms with Gasteiger partial charge in [0.2, 0.25) is 0 Å². The van der Waals surface area contributed by atoms with Crippen molar-refractivity contribution in [1.82, 2.24) is 15.2 Å². The molecule has 1 spiro atoms. The number of thiazole rings is 1. The van der Waals surface area contributed by atoms with Gasteiger partial charge in [0.25, 0.3) is 0 Å². The van der Waals surface area contributed by atoms with E-state index < -0.39 is 0 Å². The fourth-order valence-corrected chi connectivity index (χ4v) is 4.67. The number of piperidine rings is 1. The van der Waals surface area contributed by atoms with Crippen LogP contribution in [-0.2, 0) is 6.54 Å². The highest BCUT2D eigenvalue weighted by molar-refractivity contribution is 7.13. The van der Waals surface area contributed by atoms with Gasteiger partial charge in [-0.1, -0.05) is 30.3 Å². The van der Waals surface area contributed by atoms with Gasteiger partial charge in [0, 0.05) is 24.0 Å². The van der Waals surface area contributed by atoms with Gasteiger partial charge < -0.3 is 5.32 Å². The molecule has 22 heavy (non-hydrogen) atoms. The summed E-state index contributed by atoms with van der Waals surface area (Å²) >= 11 is 1.77. The van der Waals surface area contributed by atoms with E-state index in [0.29, 0.717) is 5.41 Å². The van der Waals surface area contributed by atoms with Gasteiger partial charge in [-0.3, -0.25) is 4.90 Å². The summed E-state index contributed by atoms with van der Waals surface area (Å²) in [6.45, 7) is 5.90. The molecule has 2 saturated heterocycles. The number of benzene rings is 1. The van der Waals surface area contributed by atoms with Crippen molar-refractivity contribution in [3.8, 4) is 10.6 Å². The monoisotopic (exact) mass is 313 g/mol. The van der Waals surface area contributed by atoms with Crippen molar-refractivity contribution in [2.45, 2.75) is 25.8 Å². The van der Waals surface area contributed by atoms with E-state index in [-0.39, 0.29) is 0 Å². The topological polar surface area (TPSA) is 28.2 Å². The Morgan fingerprint density at radius 2 is 1.95 bits per heavy atom. The number of hydrogen-bond acceptors (Lipinski definition) is 4. The number of nitrogens with one attached hydrogen (secondary N) is 1. The van der Waals surface area contributed by atoms with E-state index in [9.17, 15) is 0 Å². The predicted molar refractivity (Wildman–Crippen MR) is 92.0 cm³/mol. The van der Waals surface area contributed by atoms with Crippen LogP contribution in [0.2, 0.25) is 0 Å². The molecule has 1 aromatic heterocycles. The fraction of sp³-hybridized carbons (Fsp3) is 0.500. The van der Waals surface area contributed by atoms with Gasteiger partial charge in [0.15, 0.2) is 0 Å². The quantitative estimate of drug-likeness (QED) is 0.941. The Labute approximate surface area is 136 Å². The normalized spacial score (nSPS) is 21.5. The summed E-state index contributed by atoms with van der Waals surface area (Å²) < 4.78 is 0. The van der Waals surface area contributed by atoms with Crippen LogP contribution in [-0.4, -0.2) is 36.1 Å². The summed E-state index contributed by atoms with van der Waals surface area (Å²) in [5, 5.41) is 6.87.